The molecule has 3 aromatic heterocycles. The van der Waals surface area contributed by atoms with Crippen LogP contribution in [0.1, 0.15) is 17.4 Å². The Morgan fingerprint density at radius 2 is 2.05 bits per heavy atom. The van der Waals surface area contributed by atoms with Crippen LogP contribution in [0.15, 0.2) is 46.8 Å². The lowest BCUT2D eigenvalue weighted by Crippen LogP contribution is -2.44. The highest BCUT2D eigenvalue weighted by molar-refractivity contribution is 7.12. The number of aromatic nitrogens is 4. The van der Waals surface area contributed by atoms with E-state index in [0.717, 1.165) is 37.4 Å². The molecular formula is C26H29N7O4S. The van der Waals surface area contributed by atoms with Crippen molar-refractivity contribution in [2.45, 2.75) is 6.92 Å². The van der Waals surface area contributed by atoms with E-state index >= 15 is 0 Å². The first-order valence-electron chi connectivity index (χ1n) is 12.5. The number of anilines is 2. The summed E-state index contributed by atoms with van der Waals surface area (Å²) >= 11 is 1.24. The molecule has 4 aromatic rings. The number of carbonyl (C=O) groups is 1. The molecule has 1 amide bonds. The first kappa shape index (κ1) is 24.6. The SMILES string of the molecule is Cn1c(=O)n(-c2nc(C(=O)Nc3cnccc3N3CCNCC3)cs2)c2ccc(OCC3(C)COC3)cc21. The van der Waals surface area contributed by atoms with E-state index in [2.05, 4.69) is 32.4 Å². The van der Waals surface area contributed by atoms with Gasteiger partial charge in [-0.1, -0.05) is 6.92 Å². The molecule has 0 aliphatic carbocycles. The molecule has 38 heavy (non-hydrogen) atoms. The number of carbonyl (C=O) groups excluding carboxylic acids is 1. The number of rotatable bonds is 7. The van der Waals surface area contributed by atoms with Crippen molar-refractivity contribution in [1.29, 1.82) is 0 Å². The Balaban J connectivity index is 1.24. The van der Waals surface area contributed by atoms with Crippen LogP contribution in [0.25, 0.3) is 16.2 Å². The Morgan fingerprint density at radius 3 is 2.82 bits per heavy atom. The third-order valence-corrected chi connectivity index (χ3v) is 7.76. The highest BCUT2D eigenvalue weighted by Gasteiger charge is 2.34. The summed E-state index contributed by atoms with van der Waals surface area (Å²) in [7, 11) is 1.72. The topological polar surface area (TPSA) is 116 Å². The first-order chi connectivity index (χ1) is 18.4. The zero-order chi connectivity index (χ0) is 26.3. The van der Waals surface area contributed by atoms with Crippen molar-refractivity contribution in [3.05, 3.63) is 58.2 Å². The highest BCUT2D eigenvalue weighted by Crippen LogP contribution is 2.30. The van der Waals surface area contributed by atoms with Gasteiger partial charge in [-0.15, -0.1) is 11.3 Å². The van der Waals surface area contributed by atoms with E-state index in [4.69, 9.17) is 9.47 Å². The highest BCUT2D eigenvalue weighted by atomic mass is 32.1. The lowest BCUT2D eigenvalue weighted by molar-refractivity contribution is -0.120. The number of fused-ring (bicyclic) bond motifs is 1. The number of amides is 1. The van der Waals surface area contributed by atoms with E-state index in [0.29, 0.717) is 41.9 Å². The molecule has 6 rings (SSSR count). The quantitative estimate of drug-likeness (QED) is 0.370. The predicted octanol–water partition coefficient (Wildman–Crippen LogP) is 2.26. The molecule has 0 spiro atoms. The van der Waals surface area contributed by atoms with Crippen LogP contribution in [0, 0.1) is 5.41 Å². The van der Waals surface area contributed by atoms with Gasteiger partial charge in [0.05, 0.1) is 48.4 Å². The van der Waals surface area contributed by atoms with Crippen molar-refractivity contribution in [2.24, 2.45) is 12.5 Å². The molecule has 0 unspecified atom stereocenters. The van der Waals surface area contributed by atoms with Gasteiger partial charge in [0, 0.05) is 56.3 Å². The molecule has 1 aromatic carbocycles. The molecule has 2 saturated heterocycles. The van der Waals surface area contributed by atoms with Crippen molar-refractivity contribution < 1.29 is 14.3 Å². The molecular weight excluding hydrogens is 506 g/mol. The van der Waals surface area contributed by atoms with Crippen LogP contribution in [0.4, 0.5) is 11.4 Å². The summed E-state index contributed by atoms with van der Waals surface area (Å²) < 4.78 is 14.4. The van der Waals surface area contributed by atoms with E-state index in [-0.39, 0.29) is 22.7 Å². The monoisotopic (exact) mass is 535 g/mol. The van der Waals surface area contributed by atoms with Gasteiger partial charge in [-0.2, -0.15) is 0 Å². The van der Waals surface area contributed by atoms with Crippen molar-refractivity contribution in [2.75, 3.05) is 56.2 Å². The van der Waals surface area contributed by atoms with Crippen LogP contribution in [0.5, 0.6) is 5.75 Å². The van der Waals surface area contributed by atoms with Gasteiger partial charge < -0.3 is 25.0 Å². The Morgan fingerprint density at radius 1 is 1.24 bits per heavy atom. The average Bonchev–Trinajstić information content (AvgIpc) is 3.50. The molecule has 5 heterocycles. The minimum atomic E-state index is -0.352. The van der Waals surface area contributed by atoms with E-state index < -0.39 is 0 Å². The van der Waals surface area contributed by atoms with Gasteiger partial charge >= 0.3 is 5.69 Å². The number of hydrogen-bond acceptors (Lipinski definition) is 9. The number of hydrogen-bond donors (Lipinski definition) is 2. The van der Waals surface area contributed by atoms with Gasteiger partial charge in [0.2, 0.25) is 0 Å². The Labute approximate surface area is 223 Å². The van der Waals surface area contributed by atoms with Crippen molar-refractivity contribution in [3.8, 4) is 10.9 Å². The molecule has 0 radical (unpaired) electrons. The van der Waals surface area contributed by atoms with Gasteiger partial charge in [-0.05, 0) is 18.2 Å². The standard InChI is InChI=1S/C26H29N7O4S/c1-26(14-36-15-26)16-37-17-3-4-21-22(11-17)31(2)25(35)33(21)24-30-19(13-38-24)23(34)29-18-12-28-6-5-20(18)32-9-7-27-8-10-32/h3-6,11-13,27H,7-10,14-16H2,1-2H3,(H,29,34). The number of nitrogens with zero attached hydrogens (tertiary/aromatic N) is 5. The Hall–Kier alpha value is -3.74. The van der Waals surface area contributed by atoms with Crippen molar-refractivity contribution >= 4 is 39.7 Å². The van der Waals surface area contributed by atoms with Crippen LogP contribution < -0.4 is 26.0 Å². The normalized spacial score (nSPS) is 16.8. The molecule has 0 bridgehead atoms. The summed E-state index contributed by atoms with van der Waals surface area (Å²) in [6.45, 7) is 7.49. The first-order valence-corrected chi connectivity index (χ1v) is 13.4. The van der Waals surface area contributed by atoms with Crippen LogP contribution >= 0.6 is 11.3 Å². The van der Waals surface area contributed by atoms with E-state index in [1.165, 1.54) is 15.9 Å². The number of imidazole rings is 1. The number of benzene rings is 1. The van der Waals surface area contributed by atoms with Crippen LogP contribution in [0.3, 0.4) is 0 Å². The second-order valence-electron chi connectivity index (χ2n) is 10.0. The molecule has 2 fully saturated rings. The van der Waals surface area contributed by atoms with Crippen LogP contribution in [-0.4, -0.2) is 71.0 Å². The summed E-state index contributed by atoms with van der Waals surface area (Å²) in [4.78, 5) is 37.2. The zero-order valence-electron chi connectivity index (χ0n) is 21.3. The number of aryl methyl sites for hydroxylation is 1. The molecule has 2 aliphatic heterocycles. The molecule has 198 valence electrons. The van der Waals surface area contributed by atoms with Gasteiger partial charge in [0.1, 0.15) is 11.4 Å². The van der Waals surface area contributed by atoms with Crippen LogP contribution in [0.2, 0.25) is 0 Å². The van der Waals surface area contributed by atoms with Gasteiger partial charge in [0.15, 0.2) is 5.13 Å². The third-order valence-electron chi connectivity index (χ3n) is 6.94. The maximum atomic E-state index is 13.2. The number of thiazole rings is 1. The van der Waals surface area contributed by atoms with E-state index in [9.17, 15) is 9.59 Å². The lowest BCUT2D eigenvalue weighted by atomic mass is 9.90. The van der Waals surface area contributed by atoms with E-state index in [1.807, 2.05) is 24.3 Å². The Bertz CT molecular complexity index is 1550. The molecule has 2 N–H and O–H groups in total. The number of piperazine rings is 1. The largest absolute Gasteiger partial charge is 0.493 e. The fourth-order valence-electron chi connectivity index (χ4n) is 4.71. The molecule has 0 atom stereocenters. The zero-order valence-corrected chi connectivity index (χ0v) is 22.1. The molecule has 11 nitrogen and oxygen atoms in total. The number of pyridine rings is 1. The minimum Gasteiger partial charge on any atom is -0.493 e. The Kier molecular flexibility index (Phi) is 6.38. The summed E-state index contributed by atoms with van der Waals surface area (Å²) in [5.41, 5.74) is 2.98. The summed E-state index contributed by atoms with van der Waals surface area (Å²) in [6.07, 6.45) is 3.37. The maximum Gasteiger partial charge on any atom is 0.335 e. The van der Waals surface area contributed by atoms with Crippen molar-refractivity contribution in [3.63, 3.8) is 0 Å². The third kappa shape index (κ3) is 4.55. The molecule has 2 aliphatic rings. The molecule has 0 saturated carbocycles. The summed E-state index contributed by atoms with van der Waals surface area (Å²) in [5, 5.41) is 8.37. The van der Waals surface area contributed by atoms with Gasteiger partial charge in [0.25, 0.3) is 5.91 Å². The molecule has 12 heteroatoms. The van der Waals surface area contributed by atoms with Crippen molar-refractivity contribution in [1.82, 2.24) is 24.4 Å². The number of ether oxygens (including phenoxy) is 2. The maximum absolute atomic E-state index is 13.2. The number of nitrogens with one attached hydrogen (secondary N) is 2. The van der Waals surface area contributed by atoms with Gasteiger partial charge in [-0.25, -0.2) is 14.3 Å². The van der Waals surface area contributed by atoms with E-state index in [1.54, 1.807) is 29.4 Å². The summed E-state index contributed by atoms with van der Waals surface area (Å²) in [6, 6.07) is 7.46. The minimum absolute atomic E-state index is 0.0200. The van der Waals surface area contributed by atoms with Crippen LogP contribution in [-0.2, 0) is 11.8 Å². The van der Waals surface area contributed by atoms with Gasteiger partial charge in [-0.3, -0.25) is 14.3 Å². The average molecular weight is 536 g/mol. The predicted molar refractivity (Wildman–Crippen MR) is 146 cm³/mol. The fraction of sp³-hybridized carbons (Fsp3) is 0.385. The second-order valence-corrected chi connectivity index (χ2v) is 10.9. The second kappa shape index (κ2) is 9.86. The summed E-state index contributed by atoms with van der Waals surface area (Å²) in [5.74, 6) is 0.337. The smallest absolute Gasteiger partial charge is 0.335 e. The lowest BCUT2D eigenvalue weighted by Gasteiger charge is -2.37. The fourth-order valence-corrected chi connectivity index (χ4v) is 5.52.